The second-order valence-corrected chi connectivity index (χ2v) is 4.69. The zero-order chi connectivity index (χ0) is 11.4. The van der Waals surface area contributed by atoms with E-state index in [4.69, 9.17) is 5.11 Å². The molecule has 1 rings (SSSR count). The largest absolute Gasteiger partial charge is 0.478 e. The number of halogens is 1. The van der Waals surface area contributed by atoms with Gasteiger partial charge in [0.15, 0.2) is 0 Å². The third kappa shape index (κ3) is 3.55. The topological polar surface area (TPSA) is 49.3 Å². The van der Waals surface area contributed by atoms with Crippen LogP contribution in [0.15, 0.2) is 22.7 Å². The number of hydrogen-bond acceptors (Lipinski definition) is 2. The van der Waals surface area contributed by atoms with E-state index in [0.29, 0.717) is 17.2 Å². The number of carbonyl (C=O) groups is 1. The van der Waals surface area contributed by atoms with Gasteiger partial charge in [0, 0.05) is 16.7 Å². The molecule has 0 atom stereocenters. The monoisotopic (exact) mass is 271 g/mol. The van der Waals surface area contributed by atoms with E-state index in [-0.39, 0.29) is 0 Å². The normalized spacial score (nSPS) is 10.4. The van der Waals surface area contributed by atoms with Crippen molar-refractivity contribution in [3.05, 3.63) is 28.2 Å². The van der Waals surface area contributed by atoms with Crippen LogP contribution in [0.2, 0.25) is 0 Å². The molecule has 4 heteroatoms. The van der Waals surface area contributed by atoms with Crippen molar-refractivity contribution in [2.24, 2.45) is 5.92 Å². The highest BCUT2D eigenvalue weighted by Crippen LogP contribution is 2.21. The molecule has 0 saturated heterocycles. The average molecular weight is 272 g/mol. The van der Waals surface area contributed by atoms with Crippen molar-refractivity contribution in [2.75, 3.05) is 11.9 Å². The summed E-state index contributed by atoms with van der Waals surface area (Å²) in [6.45, 7) is 4.91. The molecule has 0 fully saturated rings. The quantitative estimate of drug-likeness (QED) is 0.884. The van der Waals surface area contributed by atoms with Gasteiger partial charge in [-0.3, -0.25) is 0 Å². The number of hydrogen-bond donors (Lipinski definition) is 2. The molecule has 0 unspecified atom stereocenters. The van der Waals surface area contributed by atoms with Crippen molar-refractivity contribution in [2.45, 2.75) is 13.8 Å². The van der Waals surface area contributed by atoms with E-state index in [2.05, 4.69) is 35.1 Å². The van der Waals surface area contributed by atoms with Gasteiger partial charge in [0.1, 0.15) is 0 Å². The lowest BCUT2D eigenvalue weighted by Crippen LogP contribution is -2.11. The fraction of sp³-hybridized carbons (Fsp3) is 0.364. The van der Waals surface area contributed by atoms with Gasteiger partial charge in [-0.1, -0.05) is 29.8 Å². The predicted molar refractivity (Wildman–Crippen MR) is 64.4 cm³/mol. The molecule has 0 aromatic heterocycles. The van der Waals surface area contributed by atoms with Gasteiger partial charge < -0.3 is 10.4 Å². The Morgan fingerprint density at radius 1 is 1.53 bits per heavy atom. The summed E-state index contributed by atoms with van der Waals surface area (Å²) < 4.78 is 0.874. The van der Waals surface area contributed by atoms with Gasteiger partial charge >= 0.3 is 5.97 Å². The second kappa shape index (κ2) is 5.16. The van der Waals surface area contributed by atoms with Crippen LogP contribution in [0.25, 0.3) is 0 Å². The second-order valence-electron chi connectivity index (χ2n) is 3.77. The van der Waals surface area contributed by atoms with Crippen molar-refractivity contribution in [1.82, 2.24) is 0 Å². The SMILES string of the molecule is CC(C)CNc1cc(Br)ccc1C(=O)O. The lowest BCUT2D eigenvalue weighted by atomic mass is 10.1. The summed E-state index contributed by atoms with van der Waals surface area (Å²) in [7, 11) is 0. The Kier molecular flexibility index (Phi) is 4.15. The molecule has 0 bridgehead atoms. The van der Waals surface area contributed by atoms with E-state index in [1.54, 1.807) is 18.2 Å². The third-order valence-corrected chi connectivity index (χ3v) is 2.41. The zero-order valence-corrected chi connectivity index (χ0v) is 10.3. The first kappa shape index (κ1) is 12.0. The highest BCUT2D eigenvalue weighted by molar-refractivity contribution is 9.10. The summed E-state index contributed by atoms with van der Waals surface area (Å²) in [6.07, 6.45) is 0. The Balaban J connectivity index is 2.92. The molecule has 0 saturated carbocycles. The van der Waals surface area contributed by atoms with E-state index in [0.717, 1.165) is 11.0 Å². The summed E-state index contributed by atoms with van der Waals surface area (Å²) in [4.78, 5) is 10.9. The first-order valence-corrected chi connectivity index (χ1v) is 5.56. The zero-order valence-electron chi connectivity index (χ0n) is 8.75. The third-order valence-electron chi connectivity index (χ3n) is 1.91. The summed E-state index contributed by atoms with van der Waals surface area (Å²) in [5.74, 6) is -0.431. The molecule has 1 aromatic carbocycles. The van der Waals surface area contributed by atoms with Crippen LogP contribution < -0.4 is 5.32 Å². The molecule has 0 aliphatic heterocycles. The Hall–Kier alpha value is -1.03. The van der Waals surface area contributed by atoms with Gasteiger partial charge in [0.05, 0.1) is 5.56 Å². The molecule has 0 aliphatic rings. The number of nitrogens with one attached hydrogen (secondary N) is 1. The van der Waals surface area contributed by atoms with Gasteiger partial charge in [0.25, 0.3) is 0 Å². The maximum Gasteiger partial charge on any atom is 0.337 e. The fourth-order valence-corrected chi connectivity index (χ4v) is 1.52. The van der Waals surface area contributed by atoms with Crippen molar-refractivity contribution in [1.29, 1.82) is 0 Å². The Labute approximate surface area is 97.6 Å². The van der Waals surface area contributed by atoms with Crippen molar-refractivity contribution in [3.63, 3.8) is 0 Å². The number of anilines is 1. The van der Waals surface area contributed by atoms with E-state index in [9.17, 15) is 4.79 Å². The molecular weight excluding hydrogens is 258 g/mol. The van der Waals surface area contributed by atoms with E-state index in [1.807, 2.05) is 0 Å². The van der Waals surface area contributed by atoms with Crippen LogP contribution >= 0.6 is 15.9 Å². The molecule has 0 radical (unpaired) electrons. The molecule has 0 aliphatic carbocycles. The number of carboxylic acid groups (broad SMARTS) is 1. The minimum Gasteiger partial charge on any atom is -0.478 e. The predicted octanol–water partition coefficient (Wildman–Crippen LogP) is 3.22. The number of benzene rings is 1. The Morgan fingerprint density at radius 2 is 2.20 bits per heavy atom. The number of rotatable bonds is 4. The molecule has 82 valence electrons. The first-order valence-electron chi connectivity index (χ1n) is 4.77. The van der Waals surface area contributed by atoms with Gasteiger partial charge in [-0.25, -0.2) is 4.79 Å². The lowest BCUT2D eigenvalue weighted by Gasteiger charge is -2.11. The van der Waals surface area contributed by atoms with Gasteiger partial charge in [-0.05, 0) is 24.1 Å². The van der Waals surface area contributed by atoms with E-state index >= 15 is 0 Å². The van der Waals surface area contributed by atoms with Crippen LogP contribution in [0.1, 0.15) is 24.2 Å². The summed E-state index contributed by atoms with van der Waals surface area (Å²) in [6, 6.07) is 5.10. The van der Waals surface area contributed by atoms with Gasteiger partial charge in [0.2, 0.25) is 0 Å². The molecule has 15 heavy (non-hydrogen) atoms. The van der Waals surface area contributed by atoms with Crippen LogP contribution in [0, 0.1) is 5.92 Å². The van der Waals surface area contributed by atoms with Gasteiger partial charge in [-0.15, -0.1) is 0 Å². The van der Waals surface area contributed by atoms with E-state index in [1.165, 1.54) is 0 Å². The molecule has 0 amide bonds. The van der Waals surface area contributed by atoms with Crippen molar-refractivity contribution >= 4 is 27.6 Å². The summed E-state index contributed by atoms with van der Waals surface area (Å²) in [5, 5.41) is 12.1. The molecule has 3 nitrogen and oxygen atoms in total. The van der Waals surface area contributed by atoms with Crippen LogP contribution in [-0.4, -0.2) is 17.6 Å². The number of aromatic carboxylic acids is 1. The minimum atomic E-state index is -0.909. The standard InChI is InChI=1S/C11H14BrNO2/c1-7(2)6-13-10-5-8(12)3-4-9(10)11(14)15/h3-5,7,13H,6H2,1-2H3,(H,14,15). The first-order chi connectivity index (χ1) is 7.00. The van der Waals surface area contributed by atoms with E-state index < -0.39 is 5.97 Å². The summed E-state index contributed by atoms with van der Waals surface area (Å²) >= 11 is 3.32. The molecule has 0 heterocycles. The van der Waals surface area contributed by atoms with Crippen LogP contribution in [-0.2, 0) is 0 Å². The highest BCUT2D eigenvalue weighted by Gasteiger charge is 2.09. The molecular formula is C11H14BrNO2. The number of carboxylic acids is 1. The van der Waals surface area contributed by atoms with Gasteiger partial charge in [-0.2, -0.15) is 0 Å². The minimum absolute atomic E-state index is 0.304. The fourth-order valence-electron chi connectivity index (χ4n) is 1.16. The smallest absolute Gasteiger partial charge is 0.337 e. The average Bonchev–Trinajstić information content (AvgIpc) is 2.14. The van der Waals surface area contributed by atoms with Crippen molar-refractivity contribution < 1.29 is 9.90 Å². The van der Waals surface area contributed by atoms with Crippen LogP contribution in [0.5, 0.6) is 0 Å². The Bertz CT molecular complexity index is 364. The summed E-state index contributed by atoms with van der Waals surface area (Å²) in [5.41, 5.74) is 0.962. The van der Waals surface area contributed by atoms with Crippen LogP contribution in [0.3, 0.4) is 0 Å². The molecule has 0 spiro atoms. The maximum atomic E-state index is 10.9. The molecule has 1 aromatic rings. The lowest BCUT2D eigenvalue weighted by molar-refractivity contribution is 0.0698. The van der Waals surface area contributed by atoms with Crippen molar-refractivity contribution in [3.8, 4) is 0 Å². The Morgan fingerprint density at radius 3 is 2.73 bits per heavy atom. The maximum absolute atomic E-state index is 10.9. The highest BCUT2D eigenvalue weighted by atomic mass is 79.9. The van der Waals surface area contributed by atoms with Crippen LogP contribution in [0.4, 0.5) is 5.69 Å². The molecule has 2 N–H and O–H groups in total.